The fourth-order valence-electron chi connectivity index (χ4n) is 2.41. The molecule has 0 bridgehead atoms. The van der Waals surface area contributed by atoms with Crippen molar-refractivity contribution < 1.29 is 0 Å². The van der Waals surface area contributed by atoms with E-state index in [2.05, 4.69) is 38.7 Å². The summed E-state index contributed by atoms with van der Waals surface area (Å²) in [5.74, 6) is 1.05. The molecule has 0 fully saturated rings. The molecule has 102 valence electrons. The highest BCUT2D eigenvalue weighted by atomic mass is 16.1. The molecule has 0 saturated carbocycles. The number of hydrogen-bond donors (Lipinski definition) is 1. The van der Waals surface area contributed by atoms with Crippen LogP contribution in [0.5, 0.6) is 0 Å². The van der Waals surface area contributed by atoms with E-state index in [1.807, 2.05) is 12.1 Å². The summed E-state index contributed by atoms with van der Waals surface area (Å²) in [6, 6.07) is 7.97. The molecule has 2 nitrogen and oxygen atoms in total. The van der Waals surface area contributed by atoms with Crippen molar-refractivity contribution in [1.82, 2.24) is 4.98 Å². The van der Waals surface area contributed by atoms with Crippen molar-refractivity contribution in [3.05, 3.63) is 45.7 Å². The Labute approximate surface area is 114 Å². The first-order valence-electron chi connectivity index (χ1n) is 7.17. The first-order chi connectivity index (χ1) is 9.01. The summed E-state index contributed by atoms with van der Waals surface area (Å²) in [5.41, 5.74) is 3.37. The van der Waals surface area contributed by atoms with Gasteiger partial charge in [-0.05, 0) is 42.4 Å². The van der Waals surface area contributed by atoms with E-state index in [0.717, 1.165) is 29.4 Å². The minimum absolute atomic E-state index is 0.134. The fourth-order valence-corrected chi connectivity index (χ4v) is 2.41. The quantitative estimate of drug-likeness (QED) is 0.873. The molecule has 1 atom stereocenters. The number of hydrogen-bond acceptors (Lipinski definition) is 1. The van der Waals surface area contributed by atoms with E-state index in [9.17, 15) is 4.79 Å². The van der Waals surface area contributed by atoms with Crippen LogP contribution in [0.15, 0.2) is 29.1 Å². The Morgan fingerprint density at radius 2 is 1.89 bits per heavy atom. The smallest absolute Gasteiger partial charge is 0.189 e. The number of H-pyrrole nitrogens is 1. The summed E-state index contributed by atoms with van der Waals surface area (Å²) in [6.45, 7) is 8.69. The summed E-state index contributed by atoms with van der Waals surface area (Å²) in [7, 11) is 0. The predicted molar refractivity (Wildman–Crippen MR) is 81.8 cm³/mol. The summed E-state index contributed by atoms with van der Waals surface area (Å²) in [5, 5.41) is 0.810. The van der Waals surface area contributed by atoms with Crippen LogP contribution in [0.2, 0.25) is 0 Å². The molecule has 1 aromatic heterocycles. The highest BCUT2D eigenvalue weighted by molar-refractivity contribution is 5.79. The lowest BCUT2D eigenvalue weighted by molar-refractivity contribution is 0.636. The van der Waals surface area contributed by atoms with Crippen LogP contribution >= 0.6 is 0 Å². The second-order valence-corrected chi connectivity index (χ2v) is 5.87. The zero-order chi connectivity index (χ0) is 14.0. The van der Waals surface area contributed by atoms with Crippen LogP contribution in [0.3, 0.4) is 0 Å². The summed E-state index contributed by atoms with van der Waals surface area (Å²) < 4.78 is 0. The van der Waals surface area contributed by atoms with Crippen molar-refractivity contribution in [2.45, 2.75) is 46.5 Å². The van der Waals surface area contributed by atoms with Crippen molar-refractivity contribution >= 4 is 10.9 Å². The molecule has 0 amide bonds. The van der Waals surface area contributed by atoms with Gasteiger partial charge in [0.1, 0.15) is 0 Å². The van der Waals surface area contributed by atoms with Crippen molar-refractivity contribution in [3.63, 3.8) is 0 Å². The second-order valence-electron chi connectivity index (χ2n) is 5.87. The van der Waals surface area contributed by atoms with Gasteiger partial charge in [-0.2, -0.15) is 0 Å². The molecule has 19 heavy (non-hydrogen) atoms. The van der Waals surface area contributed by atoms with E-state index in [-0.39, 0.29) is 5.43 Å². The van der Waals surface area contributed by atoms with Gasteiger partial charge in [0.2, 0.25) is 0 Å². The van der Waals surface area contributed by atoms with E-state index in [0.29, 0.717) is 11.8 Å². The lowest BCUT2D eigenvalue weighted by atomic mass is 9.96. The predicted octanol–water partition coefficient (Wildman–Crippen LogP) is 4.24. The Morgan fingerprint density at radius 1 is 1.16 bits per heavy atom. The largest absolute Gasteiger partial charge is 0.358 e. The average molecular weight is 257 g/mol. The number of pyridine rings is 1. The number of fused-ring (bicyclic) bond motifs is 1. The Hall–Kier alpha value is -1.57. The maximum absolute atomic E-state index is 12.2. The van der Waals surface area contributed by atoms with Gasteiger partial charge in [0.05, 0.1) is 0 Å². The molecule has 0 aliphatic rings. The van der Waals surface area contributed by atoms with Gasteiger partial charge in [0.25, 0.3) is 0 Å². The number of rotatable bonds is 4. The third-order valence-corrected chi connectivity index (χ3v) is 3.72. The molecule has 1 N–H and O–H groups in total. The molecule has 1 unspecified atom stereocenters. The van der Waals surface area contributed by atoms with Crippen LogP contribution in [0, 0.1) is 5.92 Å². The van der Waals surface area contributed by atoms with Crippen molar-refractivity contribution in [2.75, 3.05) is 0 Å². The van der Waals surface area contributed by atoms with Gasteiger partial charge in [-0.25, -0.2) is 0 Å². The van der Waals surface area contributed by atoms with Crippen molar-refractivity contribution in [2.24, 2.45) is 5.92 Å². The van der Waals surface area contributed by atoms with Gasteiger partial charge >= 0.3 is 0 Å². The van der Waals surface area contributed by atoms with E-state index >= 15 is 0 Å². The molecule has 0 aliphatic carbocycles. The number of aromatic amines is 1. The lowest BCUT2D eigenvalue weighted by Crippen LogP contribution is -2.08. The molecule has 0 saturated heterocycles. The molecule has 2 rings (SSSR count). The zero-order valence-electron chi connectivity index (χ0n) is 12.3. The molecule has 2 aromatic rings. The lowest BCUT2D eigenvalue weighted by Gasteiger charge is -2.11. The third kappa shape index (κ3) is 3.06. The van der Waals surface area contributed by atoms with Gasteiger partial charge in [0.15, 0.2) is 5.43 Å². The van der Waals surface area contributed by atoms with Crippen molar-refractivity contribution in [3.8, 4) is 0 Å². The molecule has 2 heteroatoms. The van der Waals surface area contributed by atoms with Crippen LogP contribution in [0.4, 0.5) is 0 Å². The Kier molecular flexibility index (Phi) is 4.08. The number of benzene rings is 1. The minimum atomic E-state index is 0.134. The van der Waals surface area contributed by atoms with Gasteiger partial charge in [-0.1, -0.05) is 33.8 Å². The fraction of sp³-hybridized carbons (Fsp3) is 0.471. The zero-order valence-corrected chi connectivity index (χ0v) is 12.3. The van der Waals surface area contributed by atoms with Gasteiger partial charge in [0, 0.05) is 22.7 Å². The van der Waals surface area contributed by atoms with Gasteiger partial charge < -0.3 is 4.98 Å². The molecule has 0 aliphatic heterocycles. The van der Waals surface area contributed by atoms with Crippen LogP contribution in [-0.4, -0.2) is 4.98 Å². The maximum atomic E-state index is 12.2. The Balaban J connectivity index is 2.51. The van der Waals surface area contributed by atoms with Gasteiger partial charge in [-0.15, -0.1) is 0 Å². The third-order valence-electron chi connectivity index (χ3n) is 3.72. The maximum Gasteiger partial charge on any atom is 0.189 e. The normalized spacial score (nSPS) is 13.1. The van der Waals surface area contributed by atoms with Gasteiger partial charge in [-0.3, -0.25) is 4.79 Å². The van der Waals surface area contributed by atoms with Crippen molar-refractivity contribution in [1.29, 1.82) is 0 Å². The van der Waals surface area contributed by atoms with Crippen LogP contribution in [0.25, 0.3) is 10.9 Å². The SMILES string of the molecule is CCC(C)c1ccc2[nH]c(CC(C)C)cc(=O)c2c1. The van der Waals surface area contributed by atoms with Crippen LogP contribution in [-0.2, 0) is 6.42 Å². The first kappa shape index (κ1) is 13.9. The highest BCUT2D eigenvalue weighted by Gasteiger charge is 2.08. The van der Waals surface area contributed by atoms with Crippen LogP contribution in [0.1, 0.15) is 51.3 Å². The van der Waals surface area contributed by atoms with E-state index in [1.165, 1.54) is 5.56 Å². The highest BCUT2D eigenvalue weighted by Crippen LogP contribution is 2.21. The Morgan fingerprint density at radius 3 is 2.53 bits per heavy atom. The molecule has 1 aromatic carbocycles. The molecule has 1 heterocycles. The first-order valence-corrected chi connectivity index (χ1v) is 7.17. The average Bonchev–Trinajstić information content (AvgIpc) is 2.36. The molecular weight excluding hydrogens is 234 g/mol. The minimum Gasteiger partial charge on any atom is -0.358 e. The second kappa shape index (κ2) is 5.60. The van der Waals surface area contributed by atoms with Crippen LogP contribution < -0.4 is 5.43 Å². The van der Waals surface area contributed by atoms with E-state index in [1.54, 1.807) is 6.07 Å². The molecular formula is C17H23NO. The van der Waals surface area contributed by atoms with E-state index < -0.39 is 0 Å². The topological polar surface area (TPSA) is 32.9 Å². The monoisotopic (exact) mass is 257 g/mol. The Bertz CT molecular complexity index is 625. The summed E-state index contributed by atoms with van der Waals surface area (Å²) >= 11 is 0. The number of aromatic nitrogens is 1. The number of nitrogens with one attached hydrogen (secondary N) is 1. The summed E-state index contributed by atoms with van der Waals surface area (Å²) in [4.78, 5) is 15.6. The van der Waals surface area contributed by atoms with E-state index in [4.69, 9.17) is 0 Å². The standard InChI is InChI=1S/C17H23NO/c1-5-12(4)13-6-7-16-15(9-13)17(19)10-14(18-16)8-11(2)3/h6-7,9-12H,5,8H2,1-4H3,(H,18,19). The summed E-state index contributed by atoms with van der Waals surface area (Å²) in [6.07, 6.45) is 2.01. The molecule has 0 radical (unpaired) electrons. The molecule has 0 spiro atoms.